The summed E-state index contributed by atoms with van der Waals surface area (Å²) in [5, 5.41) is 12.1. The number of sulfonamides is 1. The van der Waals surface area contributed by atoms with Gasteiger partial charge in [-0.15, -0.1) is 11.3 Å². The van der Waals surface area contributed by atoms with Crippen molar-refractivity contribution in [3.05, 3.63) is 88.3 Å². The van der Waals surface area contributed by atoms with E-state index in [2.05, 4.69) is 15.4 Å². The molecule has 4 aromatic heterocycles. The molecule has 0 aliphatic carbocycles. The summed E-state index contributed by atoms with van der Waals surface area (Å²) < 4.78 is 31.5. The minimum Gasteiger partial charge on any atom is -0.306 e. The van der Waals surface area contributed by atoms with E-state index in [1.54, 1.807) is 39.8 Å². The fourth-order valence-electron chi connectivity index (χ4n) is 4.70. The molecule has 0 radical (unpaired) electrons. The number of hydrogen-bond acceptors (Lipinski definition) is 7. The van der Waals surface area contributed by atoms with Crippen LogP contribution in [0.2, 0.25) is 4.34 Å². The molecule has 5 heterocycles. The van der Waals surface area contributed by atoms with Gasteiger partial charge in [-0.1, -0.05) is 29.3 Å². The van der Waals surface area contributed by atoms with Gasteiger partial charge in [0.2, 0.25) is 0 Å². The third-order valence-electron chi connectivity index (χ3n) is 6.79. The average molecular weight is 582 g/mol. The van der Waals surface area contributed by atoms with Gasteiger partial charge < -0.3 is 5.32 Å². The number of nitrogens with one attached hydrogen (secondary N) is 1. The number of halogens is 1. The predicted octanol–water partition coefficient (Wildman–Crippen LogP) is 4.76. The smallest absolute Gasteiger partial charge is 0.262 e. The van der Waals surface area contributed by atoms with Crippen LogP contribution in [-0.4, -0.2) is 56.1 Å². The van der Waals surface area contributed by atoms with Crippen LogP contribution in [0, 0.1) is 6.92 Å². The van der Waals surface area contributed by atoms with E-state index in [1.807, 2.05) is 37.3 Å². The van der Waals surface area contributed by atoms with Gasteiger partial charge in [-0.2, -0.15) is 14.5 Å². The molecule has 10 nitrogen and oxygen atoms in total. The Morgan fingerprint density at radius 2 is 1.90 bits per heavy atom. The molecule has 0 saturated carbocycles. The zero-order valence-electron chi connectivity index (χ0n) is 20.9. The third kappa shape index (κ3) is 4.96. The fraction of sp³-hybridized carbons (Fsp3) is 0.231. The molecule has 1 aromatic carbocycles. The van der Waals surface area contributed by atoms with Crippen molar-refractivity contribution in [1.82, 2.24) is 28.7 Å². The van der Waals surface area contributed by atoms with Gasteiger partial charge in [0.25, 0.3) is 15.9 Å². The lowest BCUT2D eigenvalue weighted by Crippen LogP contribution is -2.37. The van der Waals surface area contributed by atoms with E-state index in [1.165, 1.54) is 10.5 Å². The minimum atomic E-state index is -3.58. The molecule has 1 N–H and O–H groups in total. The maximum absolute atomic E-state index is 13.3. The highest BCUT2D eigenvalue weighted by Gasteiger charge is 2.32. The Hall–Kier alpha value is -3.58. The fourth-order valence-corrected chi connectivity index (χ4v) is 7.80. The van der Waals surface area contributed by atoms with Gasteiger partial charge in [-0.3, -0.25) is 4.79 Å². The molecule has 1 aliphatic heterocycles. The SMILES string of the molecule is Cc1ccc(-n2nc(C3CCN(S(=O)(=O)c4ccc(Cl)s4)CC3)cc2NC(=O)c2cnn3cccnc23)cc1. The summed E-state index contributed by atoms with van der Waals surface area (Å²) in [6, 6.07) is 14.6. The van der Waals surface area contributed by atoms with Crippen molar-refractivity contribution in [3.63, 3.8) is 0 Å². The summed E-state index contributed by atoms with van der Waals surface area (Å²) in [4.78, 5) is 17.6. The monoisotopic (exact) mass is 581 g/mol. The van der Waals surface area contributed by atoms with Crippen molar-refractivity contribution >= 4 is 50.3 Å². The van der Waals surface area contributed by atoms with Crippen LogP contribution in [0.25, 0.3) is 11.3 Å². The molecule has 0 bridgehead atoms. The zero-order chi connectivity index (χ0) is 27.1. The second-order valence-corrected chi connectivity index (χ2v) is 13.2. The number of nitrogens with zero attached hydrogens (tertiary/aromatic N) is 6. The summed E-state index contributed by atoms with van der Waals surface area (Å²) in [7, 11) is -3.58. The van der Waals surface area contributed by atoms with Gasteiger partial charge in [0.05, 0.1) is 21.9 Å². The molecule has 0 spiro atoms. The number of aromatic nitrogens is 5. The zero-order valence-corrected chi connectivity index (χ0v) is 23.2. The van der Waals surface area contributed by atoms with Gasteiger partial charge in [-0.25, -0.2) is 22.6 Å². The molecule has 200 valence electrons. The predicted molar refractivity (Wildman–Crippen MR) is 149 cm³/mol. The summed E-state index contributed by atoms with van der Waals surface area (Å²) in [6.07, 6.45) is 6.04. The van der Waals surface area contributed by atoms with E-state index in [4.69, 9.17) is 16.7 Å². The number of carbonyl (C=O) groups is 1. The molecule has 1 aliphatic rings. The molecule has 13 heteroatoms. The van der Waals surface area contributed by atoms with Crippen molar-refractivity contribution in [1.29, 1.82) is 0 Å². The van der Waals surface area contributed by atoms with Crippen molar-refractivity contribution in [2.75, 3.05) is 18.4 Å². The Bertz CT molecular complexity index is 1770. The van der Waals surface area contributed by atoms with Crippen LogP contribution in [0.4, 0.5) is 5.82 Å². The largest absolute Gasteiger partial charge is 0.306 e. The van der Waals surface area contributed by atoms with E-state index in [0.717, 1.165) is 28.3 Å². The van der Waals surface area contributed by atoms with Crippen LogP contribution in [0.5, 0.6) is 0 Å². The first-order valence-corrected chi connectivity index (χ1v) is 15.0. The Labute approximate surface area is 233 Å². The molecule has 0 unspecified atom stereocenters. The van der Waals surface area contributed by atoms with Crippen molar-refractivity contribution in [2.45, 2.75) is 29.9 Å². The third-order valence-corrected chi connectivity index (χ3v) is 10.4. The minimum absolute atomic E-state index is 0.0318. The number of carbonyl (C=O) groups excluding carboxylic acids is 1. The topological polar surface area (TPSA) is 114 Å². The van der Waals surface area contributed by atoms with Gasteiger partial charge in [0, 0.05) is 37.5 Å². The summed E-state index contributed by atoms with van der Waals surface area (Å²) in [5.74, 6) is 0.195. The van der Waals surface area contributed by atoms with E-state index >= 15 is 0 Å². The Kier molecular flexibility index (Phi) is 6.71. The maximum atomic E-state index is 13.3. The second kappa shape index (κ2) is 10.2. The summed E-state index contributed by atoms with van der Waals surface area (Å²) in [5.41, 5.74) is 3.50. The van der Waals surface area contributed by atoms with Crippen LogP contribution >= 0.6 is 22.9 Å². The first kappa shape index (κ1) is 25.7. The highest BCUT2D eigenvalue weighted by molar-refractivity contribution is 7.91. The number of hydrogen-bond donors (Lipinski definition) is 1. The van der Waals surface area contributed by atoms with E-state index in [9.17, 15) is 13.2 Å². The Morgan fingerprint density at radius 3 is 2.62 bits per heavy atom. The first-order valence-electron chi connectivity index (χ1n) is 12.3. The summed E-state index contributed by atoms with van der Waals surface area (Å²) in [6.45, 7) is 2.75. The van der Waals surface area contributed by atoms with Crippen LogP contribution in [0.15, 0.2) is 71.3 Å². The molecule has 0 atom stereocenters. The standard InChI is InChI=1S/C26H24ClN7O3S2/c1-17-3-5-19(6-4-17)34-23(30-26(35)20-16-29-33-12-2-11-28-25(20)33)15-21(31-34)18-9-13-32(14-10-18)39(36,37)24-8-7-22(27)38-24/h2-8,11-12,15-16,18H,9-10,13-14H2,1H3,(H,30,35). The lowest BCUT2D eigenvalue weighted by Gasteiger charge is -2.30. The number of benzene rings is 1. The Balaban J connectivity index is 1.27. The maximum Gasteiger partial charge on any atom is 0.262 e. The molecule has 6 rings (SSSR count). The molecule has 1 fully saturated rings. The van der Waals surface area contributed by atoms with Crippen molar-refractivity contribution in [3.8, 4) is 5.69 Å². The number of rotatable bonds is 6. The quantitative estimate of drug-likeness (QED) is 0.309. The molecule has 39 heavy (non-hydrogen) atoms. The lowest BCUT2D eigenvalue weighted by atomic mass is 9.95. The van der Waals surface area contributed by atoms with Crippen molar-refractivity contribution in [2.24, 2.45) is 0 Å². The number of amides is 1. The number of aryl methyl sites for hydroxylation is 1. The number of anilines is 1. The van der Waals surface area contributed by atoms with Gasteiger partial charge in [0.1, 0.15) is 15.6 Å². The first-order chi connectivity index (χ1) is 18.8. The normalized spacial score (nSPS) is 15.1. The lowest BCUT2D eigenvalue weighted by molar-refractivity contribution is 0.102. The molecule has 1 amide bonds. The van der Waals surface area contributed by atoms with E-state index in [0.29, 0.717) is 47.3 Å². The number of piperidine rings is 1. The number of thiophene rings is 1. The second-order valence-electron chi connectivity index (χ2n) is 9.34. The average Bonchev–Trinajstić information content (AvgIpc) is 3.68. The van der Waals surface area contributed by atoms with E-state index < -0.39 is 10.0 Å². The van der Waals surface area contributed by atoms with Gasteiger partial charge >= 0.3 is 0 Å². The van der Waals surface area contributed by atoms with E-state index in [-0.39, 0.29) is 16.0 Å². The van der Waals surface area contributed by atoms with Crippen LogP contribution in [0.1, 0.15) is 40.4 Å². The van der Waals surface area contributed by atoms with Gasteiger partial charge in [0.15, 0.2) is 5.65 Å². The molecule has 1 saturated heterocycles. The van der Waals surface area contributed by atoms with Crippen LogP contribution in [-0.2, 0) is 10.0 Å². The highest BCUT2D eigenvalue weighted by Crippen LogP contribution is 2.34. The summed E-state index contributed by atoms with van der Waals surface area (Å²) >= 11 is 7.03. The highest BCUT2D eigenvalue weighted by atomic mass is 35.5. The Morgan fingerprint density at radius 1 is 1.13 bits per heavy atom. The molecular formula is C26H24ClN7O3S2. The van der Waals surface area contributed by atoms with Crippen molar-refractivity contribution < 1.29 is 13.2 Å². The molecular weight excluding hydrogens is 558 g/mol. The van der Waals surface area contributed by atoms with Crippen LogP contribution < -0.4 is 5.32 Å². The molecule has 5 aromatic rings. The number of fused-ring (bicyclic) bond motifs is 1. The van der Waals surface area contributed by atoms with Gasteiger partial charge in [-0.05, 0) is 50.1 Å². The van der Waals surface area contributed by atoms with Crippen LogP contribution in [0.3, 0.4) is 0 Å².